The van der Waals surface area contributed by atoms with Crippen molar-refractivity contribution in [1.82, 2.24) is 10.0 Å². The molecule has 1 heterocycles. The lowest BCUT2D eigenvalue weighted by Gasteiger charge is -2.14. The van der Waals surface area contributed by atoms with E-state index in [1.54, 1.807) is 24.3 Å². The van der Waals surface area contributed by atoms with Crippen molar-refractivity contribution in [1.29, 1.82) is 0 Å². The van der Waals surface area contributed by atoms with E-state index < -0.39 is 10.0 Å². The van der Waals surface area contributed by atoms with Gasteiger partial charge < -0.3 is 10.6 Å². The van der Waals surface area contributed by atoms with Gasteiger partial charge in [0, 0.05) is 29.9 Å². The molecule has 3 N–H and O–H groups in total. The van der Waals surface area contributed by atoms with Gasteiger partial charge >= 0.3 is 0 Å². The van der Waals surface area contributed by atoms with Gasteiger partial charge in [-0.25, -0.2) is 13.1 Å². The first-order chi connectivity index (χ1) is 12.0. The number of anilines is 1. The van der Waals surface area contributed by atoms with E-state index in [0.717, 1.165) is 25.9 Å². The van der Waals surface area contributed by atoms with Gasteiger partial charge in [-0.3, -0.25) is 4.79 Å². The molecule has 1 saturated heterocycles. The predicted octanol–water partition coefficient (Wildman–Crippen LogP) is 2.08. The summed E-state index contributed by atoms with van der Waals surface area (Å²) >= 11 is 0. The Morgan fingerprint density at radius 3 is 2.64 bits per heavy atom. The number of hydrogen-bond acceptors (Lipinski definition) is 4. The third-order valence-electron chi connectivity index (χ3n) is 4.49. The lowest BCUT2D eigenvalue weighted by atomic mass is 10.1. The zero-order valence-corrected chi connectivity index (χ0v) is 15.0. The van der Waals surface area contributed by atoms with Crippen molar-refractivity contribution in [2.45, 2.75) is 24.7 Å². The zero-order valence-electron chi connectivity index (χ0n) is 14.2. The molecule has 0 saturated carbocycles. The molecule has 0 aromatic heterocycles. The van der Waals surface area contributed by atoms with Gasteiger partial charge in [0.15, 0.2) is 0 Å². The minimum absolute atomic E-state index is 0.191. The minimum atomic E-state index is -3.61. The molecule has 0 bridgehead atoms. The highest BCUT2D eigenvalue weighted by Gasteiger charge is 2.20. The Labute approximate surface area is 148 Å². The topological polar surface area (TPSA) is 87.3 Å². The van der Waals surface area contributed by atoms with Crippen molar-refractivity contribution in [2.24, 2.45) is 5.92 Å². The van der Waals surface area contributed by atoms with E-state index in [1.807, 2.05) is 12.1 Å². The van der Waals surface area contributed by atoms with Crippen LogP contribution in [0.3, 0.4) is 0 Å². The van der Waals surface area contributed by atoms with Crippen LogP contribution in [0.4, 0.5) is 5.69 Å². The maximum Gasteiger partial charge on any atom is 0.241 e. The Morgan fingerprint density at radius 2 is 1.96 bits per heavy atom. The first kappa shape index (κ1) is 17.8. The highest BCUT2D eigenvalue weighted by molar-refractivity contribution is 7.89. The van der Waals surface area contributed by atoms with E-state index in [0.29, 0.717) is 28.9 Å². The van der Waals surface area contributed by atoms with Gasteiger partial charge in [-0.1, -0.05) is 24.3 Å². The molecule has 1 aliphatic heterocycles. The number of carbonyl (C=O) groups excluding carboxylic acids is 1. The van der Waals surface area contributed by atoms with Crippen molar-refractivity contribution in [3.63, 3.8) is 0 Å². The van der Waals surface area contributed by atoms with Gasteiger partial charge in [0.05, 0.1) is 4.90 Å². The second-order valence-electron chi connectivity index (χ2n) is 6.38. The largest absolute Gasteiger partial charge is 0.326 e. The lowest BCUT2D eigenvalue weighted by molar-refractivity contribution is -0.114. The van der Waals surface area contributed by atoms with E-state index in [-0.39, 0.29) is 10.8 Å². The first-order valence-electron chi connectivity index (χ1n) is 8.47. The monoisotopic (exact) mass is 361 g/mol. The van der Waals surface area contributed by atoms with E-state index >= 15 is 0 Å². The molecule has 7 heteroatoms. The van der Waals surface area contributed by atoms with Crippen LogP contribution >= 0.6 is 0 Å². The summed E-state index contributed by atoms with van der Waals surface area (Å²) in [6, 6.07) is 10.4. The molecule has 2 aromatic carbocycles. The number of sulfonamides is 1. The van der Waals surface area contributed by atoms with Crippen molar-refractivity contribution in [3.8, 4) is 0 Å². The van der Waals surface area contributed by atoms with Crippen molar-refractivity contribution >= 4 is 32.4 Å². The van der Waals surface area contributed by atoms with Crippen LogP contribution in [0.5, 0.6) is 0 Å². The number of fused-ring (bicyclic) bond motifs is 1. The molecule has 25 heavy (non-hydrogen) atoms. The molecule has 134 valence electrons. The summed E-state index contributed by atoms with van der Waals surface area (Å²) in [6.07, 6.45) is 1.92. The molecule has 0 aliphatic carbocycles. The zero-order chi connectivity index (χ0) is 17.9. The number of amides is 1. The molecule has 1 amide bonds. The van der Waals surface area contributed by atoms with E-state index in [9.17, 15) is 13.2 Å². The Hall–Kier alpha value is -1.96. The number of benzene rings is 2. The van der Waals surface area contributed by atoms with Gasteiger partial charge in [-0.2, -0.15) is 0 Å². The summed E-state index contributed by atoms with van der Waals surface area (Å²) in [7, 11) is -3.61. The van der Waals surface area contributed by atoms with E-state index in [2.05, 4.69) is 15.4 Å². The normalized spacial score (nSPS) is 17.7. The van der Waals surface area contributed by atoms with Crippen LogP contribution in [0.2, 0.25) is 0 Å². The van der Waals surface area contributed by atoms with Crippen LogP contribution in [0.1, 0.15) is 19.8 Å². The van der Waals surface area contributed by atoms with Crippen LogP contribution in [-0.2, 0) is 14.8 Å². The van der Waals surface area contributed by atoms with Gasteiger partial charge in [-0.05, 0) is 44.0 Å². The lowest BCUT2D eigenvalue weighted by Crippen LogP contribution is -2.27. The average Bonchev–Trinajstić information content (AvgIpc) is 3.07. The fourth-order valence-electron chi connectivity index (χ4n) is 3.24. The maximum atomic E-state index is 12.7. The smallest absolute Gasteiger partial charge is 0.241 e. The first-order valence-corrected chi connectivity index (χ1v) is 9.95. The second-order valence-corrected chi connectivity index (χ2v) is 8.12. The van der Waals surface area contributed by atoms with Crippen LogP contribution in [0.25, 0.3) is 10.8 Å². The Balaban J connectivity index is 1.85. The number of rotatable bonds is 6. The third kappa shape index (κ3) is 4.18. The summed E-state index contributed by atoms with van der Waals surface area (Å²) in [6.45, 7) is 3.82. The van der Waals surface area contributed by atoms with Crippen molar-refractivity contribution < 1.29 is 13.2 Å². The number of nitrogens with one attached hydrogen (secondary N) is 3. The molecule has 0 radical (unpaired) electrons. The predicted molar refractivity (Wildman–Crippen MR) is 99.0 cm³/mol. The van der Waals surface area contributed by atoms with Crippen LogP contribution in [0, 0.1) is 5.92 Å². The number of hydrogen-bond donors (Lipinski definition) is 3. The second kappa shape index (κ2) is 7.51. The summed E-state index contributed by atoms with van der Waals surface area (Å²) < 4.78 is 28.2. The molecule has 1 unspecified atom stereocenters. The molecule has 1 aliphatic rings. The van der Waals surface area contributed by atoms with Gasteiger partial charge in [0.25, 0.3) is 0 Å². The summed E-state index contributed by atoms with van der Waals surface area (Å²) in [5.41, 5.74) is 0.610. The van der Waals surface area contributed by atoms with Gasteiger partial charge in [0.1, 0.15) is 0 Å². The van der Waals surface area contributed by atoms with Gasteiger partial charge in [0.2, 0.25) is 15.9 Å². The standard InChI is InChI=1S/C18H23N3O3S/c1-13(22)21-17-6-7-18(16-5-3-2-4-15(16)17)25(23,24)20-11-9-14-8-10-19-12-14/h2-7,14,19-20H,8-12H2,1H3,(H,21,22). The fraction of sp³-hybridized carbons (Fsp3) is 0.389. The molecule has 3 rings (SSSR count). The Kier molecular flexibility index (Phi) is 5.36. The molecule has 2 aromatic rings. The highest BCUT2D eigenvalue weighted by Crippen LogP contribution is 2.29. The van der Waals surface area contributed by atoms with Crippen LogP contribution < -0.4 is 15.4 Å². The average molecular weight is 361 g/mol. The third-order valence-corrected chi connectivity index (χ3v) is 6.01. The molecule has 1 fully saturated rings. The molecule has 1 atom stereocenters. The van der Waals surface area contributed by atoms with E-state index in [4.69, 9.17) is 0 Å². The number of carbonyl (C=O) groups is 1. The quantitative estimate of drug-likeness (QED) is 0.735. The Morgan fingerprint density at radius 1 is 1.20 bits per heavy atom. The fourth-order valence-corrected chi connectivity index (χ4v) is 4.50. The van der Waals surface area contributed by atoms with Crippen molar-refractivity contribution in [2.75, 3.05) is 25.0 Å². The molecule has 6 nitrogen and oxygen atoms in total. The Bertz CT molecular complexity index is 874. The van der Waals surface area contributed by atoms with Crippen LogP contribution in [-0.4, -0.2) is 34.0 Å². The van der Waals surface area contributed by atoms with Gasteiger partial charge in [-0.15, -0.1) is 0 Å². The summed E-state index contributed by atoms with van der Waals surface area (Å²) in [4.78, 5) is 11.6. The summed E-state index contributed by atoms with van der Waals surface area (Å²) in [5.74, 6) is 0.339. The molecule has 0 spiro atoms. The summed E-state index contributed by atoms with van der Waals surface area (Å²) in [5, 5.41) is 7.34. The molecular weight excluding hydrogens is 338 g/mol. The minimum Gasteiger partial charge on any atom is -0.326 e. The van der Waals surface area contributed by atoms with E-state index in [1.165, 1.54) is 6.92 Å². The SMILES string of the molecule is CC(=O)Nc1ccc(S(=O)(=O)NCCC2CCNC2)c2ccccc12. The maximum absolute atomic E-state index is 12.7. The highest BCUT2D eigenvalue weighted by atomic mass is 32.2. The van der Waals surface area contributed by atoms with Crippen LogP contribution in [0.15, 0.2) is 41.3 Å². The van der Waals surface area contributed by atoms with Crippen molar-refractivity contribution in [3.05, 3.63) is 36.4 Å². The molecular formula is C18H23N3O3S.